The van der Waals surface area contributed by atoms with Crippen LogP contribution in [0, 0.1) is 6.92 Å². The molecule has 1 aliphatic rings. The van der Waals surface area contributed by atoms with Gasteiger partial charge in [-0.1, -0.05) is 0 Å². The molecular weight excluding hydrogens is 392 g/mol. The summed E-state index contributed by atoms with van der Waals surface area (Å²) >= 11 is 0.814. The number of rotatable bonds is 6. The van der Waals surface area contributed by atoms with Crippen molar-refractivity contribution in [2.24, 2.45) is 0 Å². The summed E-state index contributed by atoms with van der Waals surface area (Å²) in [5.74, 6) is -0.364. The first kappa shape index (κ1) is 20.7. The van der Waals surface area contributed by atoms with Gasteiger partial charge < -0.3 is 14.0 Å². The second kappa shape index (κ2) is 8.57. The van der Waals surface area contributed by atoms with Gasteiger partial charge in [-0.05, 0) is 75.0 Å². The summed E-state index contributed by atoms with van der Waals surface area (Å²) in [6, 6.07) is 11.3. The zero-order valence-electron chi connectivity index (χ0n) is 16.7. The topological polar surface area (TPSA) is 77.8 Å². The van der Waals surface area contributed by atoms with Gasteiger partial charge in [0.15, 0.2) is 0 Å². The van der Waals surface area contributed by atoms with Crippen LogP contribution in [0.25, 0.3) is 11.8 Å². The third-order valence-corrected chi connectivity index (χ3v) is 5.15. The SMILES string of the molecule is COc1ccc(-n2c(C)ccc2/C=C2/SC(=O)N(CC(=O)OC(C)C)C2=O)cc1. The number of aryl methyl sites for hydroxylation is 1. The third kappa shape index (κ3) is 4.54. The van der Waals surface area contributed by atoms with Crippen molar-refractivity contribution in [2.75, 3.05) is 13.7 Å². The Morgan fingerprint density at radius 2 is 1.83 bits per heavy atom. The molecular formula is C21H22N2O5S. The predicted molar refractivity (Wildman–Crippen MR) is 111 cm³/mol. The molecule has 2 aromatic rings. The number of hydrogen-bond acceptors (Lipinski definition) is 6. The van der Waals surface area contributed by atoms with E-state index in [4.69, 9.17) is 9.47 Å². The first-order valence-corrected chi connectivity index (χ1v) is 9.89. The molecule has 152 valence electrons. The smallest absolute Gasteiger partial charge is 0.326 e. The summed E-state index contributed by atoms with van der Waals surface area (Å²) in [6.07, 6.45) is 1.35. The number of thioether (sulfide) groups is 1. The standard InChI is InChI=1S/C21H22N2O5S/c1-13(2)28-19(24)12-22-20(25)18(29-21(22)26)11-16-6-5-14(3)23(16)15-7-9-17(27-4)10-8-15/h5-11,13H,12H2,1-4H3/b18-11+. The van der Waals surface area contributed by atoms with Crippen molar-refractivity contribution in [3.8, 4) is 11.4 Å². The van der Waals surface area contributed by atoms with Gasteiger partial charge in [0.05, 0.1) is 18.1 Å². The Balaban J connectivity index is 1.86. The molecule has 2 heterocycles. The highest BCUT2D eigenvalue weighted by molar-refractivity contribution is 8.18. The van der Waals surface area contributed by atoms with Crippen molar-refractivity contribution in [2.45, 2.75) is 26.9 Å². The van der Waals surface area contributed by atoms with Crippen LogP contribution in [0.4, 0.5) is 4.79 Å². The number of ether oxygens (including phenoxy) is 2. The van der Waals surface area contributed by atoms with Crippen LogP contribution >= 0.6 is 11.8 Å². The van der Waals surface area contributed by atoms with E-state index >= 15 is 0 Å². The molecule has 0 radical (unpaired) electrons. The molecule has 0 atom stereocenters. The van der Waals surface area contributed by atoms with Gasteiger partial charge in [-0.3, -0.25) is 19.3 Å². The maximum absolute atomic E-state index is 12.7. The minimum atomic E-state index is -0.610. The van der Waals surface area contributed by atoms with Gasteiger partial charge in [0.2, 0.25) is 0 Å². The molecule has 1 aliphatic heterocycles. The summed E-state index contributed by atoms with van der Waals surface area (Å²) in [7, 11) is 1.61. The second-order valence-corrected chi connectivity index (χ2v) is 7.73. The largest absolute Gasteiger partial charge is 0.497 e. The quantitative estimate of drug-likeness (QED) is 0.529. The maximum Gasteiger partial charge on any atom is 0.326 e. The van der Waals surface area contributed by atoms with E-state index in [1.165, 1.54) is 0 Å². The Hall–Kier alpha value is -3.00. The van der Waals surface area contributed by atoms with Crippen LogP contribution in [0.3, 0.4) is 0 Å². The van der Waals surface area contributed by atoms with Crippen molar-refractivity contribution in [3.63, 3.8) is 0 Å². The van der Waals surface area contributed by atoms with E-state index in [0.717, 1.165) is 39.5 Å². The summed E-state index contributed by atoms with van der Waals surface area (Å²) in [5, 5.41) is -0.485. The first-order chi connectivity index (χ1) is 13.8. The number of methoxy groups -OCH3 is 1. The first-order valence-electron chi connectivity index (χ1n) is 9.07. The van der Waals surface area contributed by atoms with Gasteiger partial charge in [0.1, 0.15) is 12.3 Å². The van der Waals surface area contributed by atoms with E-state index in [1.54, 1.807) is 27.0 Å². The van der Waals surface area contributed by atoms with E-state index in [2.05, 4.69) is 0 Å². The average Bonchev–Trinajstić information content (AvgIpc) is 3.16. The van der Waals surface area contributed by atoms with Gasteiger partial charge in [0, 0.05) is 17.1 Å². The summed E-state index contributed by atoms with van der Waals surface area (Å²) in [5.41, 5.74) is 2.63. The maximum atomic E-state index is 12.7. The predicted octanol–water partition coefficient (Wildman–Crippen LogP) is 3.78. The molecule has 29 heavy (non-hydrogen) atoms. The monoisotopic (exact) mass is 414 g/mol. The van der Waals surface area contributed by atoms with E-state index < -0.39 is 23.7 Å². The molecule has 1 saturated heterocycles. The van der Waals surface area contributed by atoms with Gasteiger partial charge in [-0.15, -0.1) is 0 Å². The molecule has 2 amide bonds. The lowest BCUT2D eigenvalue weighted by Crippen LogP contribution is -2.35. The van der Waals surface area contributed by atoms with Crippen LogP contribution in [0.1, 0.15) is 25.2 Å². The van der Waals surface area contributed by atoms with Crippen LogP contribution in [-0.4, -0.2) is 46.3 Å². The zero-order valence-corrected chi connectivity index (χ0v) is 17.5. The number of amides is 2. The number of esters is 1. The van der Waals surface area contributed by atoms with Crippen molar-refractivity contribution in [3.05, 3.63) is 52.7 Å². The number of aromatic nitrogens is 1. The Morgan fingerprint density at radius 3 is 2.45 bits per heavy atom. The van der Waals surface area contributed by atoms with Crippen LogP contribution in [0.5, 0.6) is 5.75 Å². The highest BCUT2D eigenvalue weighted by atomic mass is 32.2. The third-order valence-electron chi connectivity index (χ3n) is 4.24. The number of carbonyl (C=O) groups excluding carboxylic acids is 3. The van der Waals surface area contributed by atoms with E-state index in [1.807, 2.05) is 47.9 Å². The Kier molecular flexibility index (Phi) is 6.12. The van der Waals surface area contributed by atoms with Crippen molar-refractivity contribution >= 4 is 35.0 Å². The molecule has 0 bridgehead atoms. The van der Waals surface area contributed by atoms with Gasteiger partial charge >= 0.3 is 5.97 Å². The highest BCUT2D eigenvalue weighted by Crippen LogP contribution is 2.33. The average molecular weight is 414 g/mol. The minimum Gasteiger partial charge on any atom is -0.497 e. The molecule has 0 aliphatic carbocycles. The molecule has 0 saturated carbocycles. The van der Waals surface area contributed by atoms with Crippen molar-refractivity contribution in [1.29, 1.82) is 0 Å². The summed E-state index contributed by atoms with van der Waals surface area (Å²) in [6.45, 7) is 4.98. The molecule has 1 fully saturated rings. The van der Waals surface area contributed by atoms with Crippen molar-refractivity contribution in [1.82, 2.24) is 9.47 Å². The minimum absolute atomic E-state index is 0.264. The lowest BCUT2D eigenvalue weighted by molar-refractivity contribution is -0.149. The highest BCUT2D eigenvalue weighted by Gasteiger charge is 2.37. The normalized spacial score (nSPS) is 15.5. The van der Waals surface area contributed by atoms with Crippen LogP contribution in [0.15, 0.2) is 41.3 Å². The van der Waals surface area contributed by atoms with E-state index in [-0.39, 0.29) is 11.0 Å². The van der Waals surface area contributed by atoms with Crippen LogP contribution in [-0.2, 0) is 14.3 Å². The second-order valence-electron chi connectivity index (χ2n) is 6.74. The number of hydrogen-bond donors (Lipinski definition) is 0. The molecule has 8 heteroatoms. The van der Waals surface area contributed by atoms with Crippen molar-refractivity contribution < 1.29 is 23.9 Å². The Labute approximate surface area is 173 Å². The summed E-state index contributed by atoms with van der Waals surface area (Å²) < 4.78 is 12.2. The fourth-order valence-electron chi connectivity index (χ4n) is 2.96. The fourth-order valence-corrected chi connectivity index (χ4v) is 3.78. The molecule has 1 aromatic carbocycles. The van der Waals surface area contributed by atoms with E-state index in [0.29, 0.717) is 0 Å². The Bertz CT molecular complexity index is 975. The molecule has 1 aromatic heterocycles. The van der Waals surface area contributed by atoms with Crippen LogP contribution in [0.2, 0.25) is 0 Å². The fraction of sp³-hybridized carbons (Fsp3) is 0.286. The summed E-state index contributed by atoms with van der Waals surface area (Å²) in [4.78, 5) is 37.9. The number of benzene rings is 1. The molecule has 0 N–H and O–H groups in total. The molecule has 0 unspecified atom stereocenters. The van der Waals surface area contributed by atoms with Gasteiger partial charge in [-0.25, -0.2) is 0 Å². The molecule has 0 spiro atoms. The lowest BCUT2D eigenvalue weighted by atomic mass is 10.2. The lowest BCUT2D eigenvalue weighted by Gasteiger charge is -2.13. The zero-order chi connectivity index (χ0) is 21.1. The number of nitrogens with zero attached hydrogens (tertiary/aromatic N) is 2. The Morgan fingerprint density at radius 1 is 1.14 bits per heavy atom. The molecule has 7 nitrogen and oxygen atoms in total. The van der Waals surface area contributed by atoms with Gasteiger partial charge in [-0.2, -0.15) is 0 Å². The van der Waals surface area contributed by atoms with Crippen LogP contribution < -0.4 is 4.74 Å². The van der Waals surface area contributed by atoms with Gasteiger partial charge in [0.25, 0.3) is 11.1 Å². The number of carbonyl (C=O) groups is 3. The van der Waals surface area contributed by atoms with E-state index in [9.17, 15) is 14.4 Å². The molecule has 3 rings (SSSR count). The number of imide groups is 1.